The van der Waals surface area contributed by atoms with Gasteiger partial charge in [-0.05, 0) is 25.5 Å². The van der Waals surface area contributed by atoms with E-state index in [1.54, 1.807) is 12.1 Å². The second-order valence-electron chi connectivity index (χ2n) is 4.77. The number of hydrogen-bond acceptors (Lipinski definition) is 2. The van der Waals surface area contributed by atoms with Crippen LogP contribution in [-0.2, 0) is 10.8 Å². The molecule has 0 aliphatic carbocycles. The first-order valence-electron chi connectivity index (χ1n) is 5.94. The predicted octanol–water partition coefficient (Wildman–Crippen LogP) is 2.24. The first-order valence-corrected chi connectivity index (χ1v) is 7.32. The SMILES string of the molecule is CC1CNC(c2ccccc2F)C(C)S(=O)C1. The molecule has 2 nitrogen and oxygen atoms in total. The lowest BCUT2D eigenvalue weighted by Gasteiger charge is -2.22. The van der Waals surface area contributed by atoms with Gasteiger partial charge in [0.05, 0.1) is 5.25 Å². The highest BCUT2D eigenvalue weighted by atomic mass is 32.2. The molecule has 4 atom stereocenters. The van der Waals surface area contributed by atoms with E-state index in [0.29, 0.717) is 17.2 Å². The van der Waals surface area contributed by atoms with Crippen LogP contribution in [0, 0.1) is 11.7 Å². The normalized spacial score (nSPS) is 34.3. The minimum absolute atomic E-state index is 0.0585. The smallest absolute Gasteiger partial charge is 0.128 e. The van der Waals surface area contributed by atoms with Crippen LogP contribution >= 0.6 is 0 Å². The molecule has 1 fully saturated rings. The van der Waals surface area contributed by atoms with E-state index in [2.05, 4.69) is 12.2 Å². The highest BCUT2D eigenvalue weighted by molar-refractivity contribution is 7.85. The summed E-state index contributed by atoms with van der Waals surface area (Å²) < 4.78 is 25.8. The number of benzene rings is 1. The molecule has 2 rings (SSSR count). The summed E-state index contributed by atoms with van der Waals surface area (Å²) in [5.41, 5.74) is 0.627. The fraction of sp³-hybridized carbons (Fsp3) is 0.538. The number of nitrogens with one attached hydrogen (secondary N) is 1. The predicted molar refractivity (Wildman–Crippen MR) is 68.8 cm³/mol. The van der Waals surface area contributed by atoms with Gasteiger partial charge in [-0.3, -0.25) is 4.21 Å². The van der Waals surface area contributed by atoms with Crippen molar-refractivity contribution in [1.82, 2.24) is 5.32 Å². The zero-order valence-electron chi connectivity index (χ0n) is 10.2. The fourth-order valence-electron chi connectivity index (χ4n) is 2.23. The van der Waals surface area contributed by atoms with Gasteiger partial charge in [-0.2, -0.15) is 0 Å². The van der Waals surface area contributed by atoms with Crippen LogP contribution in [0.5, 0.6) is 0 Å². The van der Waals surface area contributed by atoms with E-state index in [1.165, 1.54) is 6.07 Å². The Kier molecular flexibility index (Phi) is 3.94. The van der Waals surface area contributed by atoms with Crippen LogP contribution in [0.1, 0.15) is 25.5 Å². The highest BCUT2D eigenvalue weighted by Gasteiger charge is 2.30. The topological polar surface area (TPSA) is 29.1 Å². The molecule has 0 amide bonds. The summed E-state index contributed by atoms with van der Waals surface area (Å²) in [5.74, 6) is 0.845. The van der Waals surface area contributed by atoms with Crippen molar-refractivity contribution in [2.45, 2.75) is 25.1 Å². The maximum Gasteiger partial charge on any atom is 0.128 e. The molecule has 94 valence electrons. The molecule has 17 heavy (non-hydrogen) atoms. The summed E-state index contributed by atoms with van der Waals surface area (Å²) in [5, 5.41) is 3.28. The van der Waals surface area contributed by atoms with Gasteiger partial charge in [-0.15, -0.1) is 0 Å². The molecule has 4 unspecified atom stereocenters. The zero-order chi connectivity index (χ0) is 12.4. The molecule has 1 N–H and O–H groups in total. The summed E-state index contributed by atoms with van der Waals surface area (Å²) in [7, 11) is -0.900. The second-order valence-corrected chi connectivity index (χ2v) is 6.60. The Morgan fingerprint density at radius 2 is 2.06 bits per heavy atom. The monoisotopic (exact) mass is 255 g/mol. The summed E-state index contributed by atoms with van der Waals surface area (Å²) in [6.45, 7) is 4.79. The molecule has 1 aromatic rings. The van der Waals surface area contributed by atoms with E-state index in [4.69, 9.17) is 0 Å². The highest BCUT2D eigenvalue weighted by Crippen LogP contribution is 2.26. The van der Waals surface area contributed by atoms with Crippen molar-refractivity contribution in [3.8, 4) is 0 Å². The third kappa shape index (κ3) is 2.75. The maximum absolute atomic E-state index is 13.8. The van der Waals surface area contributed by atoms with Gasteiger partial charge in [0.25, 0.3) is 0 Å². The van der Waals surface area contributed by atoms with Gasteiger partial charge >= 0.3 is 0 Å². The average molecular weight is 255 g/mol. The molecule has 1 aromatic carbocycles. The number of rotatable bonds is 1. The van der Waals surface area contributed by atoms with Gasteiger partial charge in [0.15, 0.2) is 0 Å². The van der Waals surface area contributed by atoms with Gasteiger partial charge < -0.3 is 5.32 Å². The van der Waals surface area contributed by atoms with E-state index in [9.17, 15) is 8.60 Å². The van der Waals surface area contributed by atoms with Crippen LogP contribution in [-0.4, -0.2) is 21.8 Å². The molecule has 1 aliphatic heterocycles. The van der Waals surface area contributed by atoms with Crippen LogP contribution in [0.15, 0.2) is 24.3 Å². The Balaban J connectivity index is 2.31. The first-order chi connectivity index (χ1) is 8.09. The molecule has 4 heteroatoms. The van der Waals surface area contributed by atoms with Crippen molar-refractivity contribution < 1.29 is 8.60 Å². The number of halogens is 1. The quantitative estimate of drug-likeness (QED) is 0.834. The Morgan fingerprint density at radius 1 is 1.35 bits per heavy atom. The summed E-state index contributed by atoms with van der Waals surface area (Å²) in [6.07, 6.45) is 0. The van der Waals surface area contributed by atoms with E-state index >= 15 is 0 Å². The summed E-state index contributed by atoms with van der Waals surface area (Å²) in [6, 6.07) is 6.59. The standard InChI is InChI=1S/C13H18FNOS/c1-9-7-15-13(10(2)17(16)8-9)11-5-3-4-6-12(11)14/h3-6,9-10,13,15H,7-8H2,1-2H3. The minimum atomic E-state index is -0.900. The van der Waals surface area contributed by atoms with Crippen molar-refractivity contribution in [3.63, 3.8) is 0 Å². The minimum Gasteiger partial charge on any atom is -0.309 e. The van der Waals surface area contributed by atoms with Gasteiger partial charge in [0, 0.05) is 28.2 Å². The summed E-state index contributed by atoms with van der Waals surface area (Å²) >= 11 is 0. The van der Waals surface area contributed by atoms with Crippen LogP contribution in [0.4, 0.5) is 4.39 Å². The molecule has 1 heterocycles. The second kappa shape index (κ2) is 5.27. The molecule has 0 bridgehead atoms. The van der Waals surface area contributed by atoms with Crippen molar-refractivity contribution in [3.05, 3.63) is 35.6 Å². The van der Waals surface area contributed by atoms with Crippen LogP contribution in [0.3, 0.4) is 0 Å². The third-order valence-electron chi connectivity index (χ3n) is 3.26. The molecule has 0 spiro atoms. The summed E-state index contributed by atoms with van der Waals surface area (Å²) in [4.78, 5) is 0. The van der Waals surface area contributed by atoms with Gasteiger partial charge in [-0.25, -0.2) is 4.39 Å². The van der Waals surface area contributed by atoms with E-state index in [1.807, 2.05) is 13.0 Å². The molecule has 0 aromatic heterocycles. The van der Waals surface area contributed by atoms with Crippen LogP contribution < -0.4 is 5.32 Å². The largest absolute Gasteiger partial charge is 0.309 e. The van der Waals surface area contributed by atoms with E-state index < -0.39 is 10.8 Å². The van der Waals surface area contributed by atoms with Gasteiger partial charge in [0.2, 0.25) is 0 Å². The van der Waals surface area contributed by atoms with Crippen LogP contribution in [0.2, 0.25) is 0 Å². The van der Waals surface area contributed by atoms with Crippen molar-refractivity contribution in [2.75, 3.05) is 12.3 Å². The third-order valence-corrected chi connectivity index (χ3v) is 5.26. The van der Waals surface area contributed by atoms with Gasteiger partial charge in [-0.1, -0.05) is 25.1 Å². The molecular formula is C13H18FNOS. The molecule has 1 aliphatic rings. The lowest BCUT2D eigenvalue weighted by molar-refractivity contribution is 0.470. The Hall–Kier alpha value is -0.740. The average Bonchev–Trinajstić information content (AvgIpc) is 2.41. The van der Waals surface area contributed by atoms with Crippen molar-refractivity contribution >= 4 is 10.8 Å². The molecule has 0 radical (unpaired) electrons. The maximum atomic E-state index is 13.8. The van der Waals surface area contributed by atoms with Crippen molar-refractivity contribution in [2.24, 2.45) is 5.92 Å². The number of hydrogen-bond donors (Lipinski definition) is 1. The molecule has 1 saturated heterocycles. The Morgan fingerprint density at radius 3 is 2.76 bits per heavy atom. The molecule has 0 saturated carbocycles. The lowest BCUT2D eigenvalue weighted by Crippen LogP contribution is -2.31. The lowest BCUT2D eigenvalue weighted by atomic mass is 10.0. The van der Waals surface area contributed by atoms with E-state index in [-0.39, 0.29) is 17.1 Å². The van der Waals surface area contributed by atoms with Crippen LogP contribution in [0.25, 0.3) is 0 Å². The Bertz CT molecular complexity index is 424. The molecular weight excluding hydrogens is 237 g/mol. The van der Waals surface area contributed by atoms with E-state index in [0.717, 1.165) is 6.54 Å². The van der Waals surface area contributed by atoms with Gasteiger partial charge in [0.1, 0.15) is 5.82 Å². The Labute approximate surface area is 104 Å². The first kappa shape index (κ1) is 12.7. The zero-order valence-corrected chi connectivity index (χ0v) is 11.0. The fourth-order valence-corrected chi connectivity index (χ4v) is 3.76. The van der Waals surface area contributed by atoms with Crippen molar-refractivity contribution in [1.29, 1.82) is 0 Å².